The van der Waals surface area contributed by atoms with Crippen molar-refractivity contribution in [1.82, 2.24) is 0 Å². The highest BCUT2D eigenvalue weighted by molar-refractivity contribution is 7.72. The van der Waals surface area contributed by atoms with E-state index in [1.807, 2.05) is 0 Å². The second kappa shape index (κ2) is 4.38. The summed E-state index contributed by atoms with van der Waals surface area (Å²) in [5.74, 6) is 0. The lowest BCUT2D eigenvalue weighted by Crippen LogP contribution is -2.34. The molecule has 10 heteroatoms. The maximum absolute atomic E-state index is 10.7. The van der Waals surface area contributed by atoms with Gasteiger partial charge in [-0.2, -0.15) is 0 Å². The van der Waals surface area contributed by atoms with Gasteiger partial charge in [0.25, 0.3) is 5.08 Å². The Balaban J connectivity index is 5.08. The minimum atomic E-state index is -5.37. The predicted molar refractivity (Wildman–Crippen MR) is 45.5 cm³/mol. The van der Waals surface area contributed by atoms with Crippen molar-refractivity contribution in [2.24, 2.45) is 0 Å². The predicted octanol–water partition coefficient (Wildman–Crippen LogP) is -0.976. The van der Waals surface area contributed by atoms with Gasteiger partial charge in [0, 0.05) is 6.61 Å². The van der Waals surface area contributed by atoms with E-state index in [0.717, 1.165) is 0 Å². The zero-order valence-electron chi connectivity index (χ0n) is 7.27. The average molecular weight is 250 g/mol. The van der Waals surface area contributed by atoms with E-state index in [1.165, 1.54) is 6.92 Å². The molecule has 0 aliphatic rings. The number of ether oxygens (including phenoxy) is 1. The largest absolute Gasteiger partial charge is 0.377 e. The summed E-state index contributed by atoms with van der Waals surface area (Å²) >= 11 is 0. The zero-order chi connectivity index (χ0) is 11.6. The Labute approximate surface area is 79.8 Å². The van der Waals surface area contributed by atoms with E-state index < -0.39 is 26.9 Å². The number of hydrogen-bond acceptors (Lipinski definition) is 4. The molecule has 86 valence electrons. The molecule has 0 aromatic rings. The summed E-state index contributed by atoms with van der Waals surface area (Å²) in [5.41, 5.74) is 0. The minimum Gasteiger partial charge on any atom is -0.377 e. The first kappa shape index (κ1) is 14.2. The summed E-state index contributed by atoms with van der Waals surface area (Å²) in [7, 11) is -10.7. The third-order valence-electron chi connectivity index (χ3n) is 1.43. The summed E-state index contributed by atoms with van der Waals surface area (Å²) in [6.45, 7) is 0.278. The van der Waals surface area contributed by atoms with Crippen LogP contribution in [-0.2, 0) is 13.9 Å². The molecule has 14 heavy (non-hydrogen) atoms. The fourth-order valence-electron chi connectivity index (χ4n) is 0.577. The highest BCUT2D eigenvalue weighted by Crippen LogP contribution is 2.67. The van der Waals surface area contributed by atoms with Crippen molar-refractivity contribution in [3.8, 4) is 0 Å². The molecule has 0 heterocycles. The van der Waals surface area contributed by atoms with Crippen LogP contribution in [0.2, 0.25) is 0 Å². The van der Waals surface area contributed by atoms with Crippen molar-refractivity contribution in [1.29, 1.82) is 0 Å². The van der Waals surface area contributed by atoms with Gasteiger partial charge in [0.15, 0.2) is 0 Å². The van der Waals surface area contributed by atoms with Gasteiger partial charge in [0.1, 0.15) is 0 Å². The van der Waals surface area contributed by atoms with Crippen molar-refractivity contribution < 1.29 is 38.5 Å². The normalized spacial score (nSPS) is 14.4. The van der Waals surface area contributed by atoms with Gasteiger partial charge in [0.2, 0.25) is 0 Å². The van der Waals surface area contributed by atoms with Gasteiger partial charge in [-0.25, -0.2) is 0 Å². The molecule has 0 atom stereocenters. The van der Waals surface area contributed by atoms with Crippen LogP contribution < -0.4 is 0 Å². The Morgan fingerprint density at radius 2 is 1.50 bits per heavy atom. The first-order valence-electron chi connectivity index (χ1n) is 3.47. The SMILES string of the molecule is CCOCC(O)(P(=O)(O)O)P(=O)(O)O. The molecule has 0 aromatic heterocycles. The lowest BCUT2D eigenvalue weighted by molar-refractivity contribution is 0.0300. The summed E-state index contributed by atoms with van der Waals surface area (Å²) in [6.07, 6.45) is 0. The molecule has 0 aliphatic heterocycles. The third kappa shape index (κ3) is 2.85. The van der Waals surface area contributed by atoms with Gasteiger partial charge in [0.05, 0.1) is 6.61 Å². The fraction of sp³-hybridized carbons (Fsp3) is 1.00. The van der Waals surface area contributed by atoms with Crippen LogP contribution in [0.15, 0.2) is 0 Å². The molecule has 0 aliphatic carbocycles. The number of hydrogen-bond donors (Lipinski definition) is 5. The average Bonchev–Trinajstić information content (AvgIpc) is 1.95. The van der Waals surface area contributed by atoms with Gasteiger partial charge < -0.3 is 29.4 Å². The van der Waals surface area contributed by atoms with Crippen LogP contribution in [-0.4, -0.2) is 43.0 Å². The van der Waals surface area contributed by atoms with Crippen molar-refractivity contribution >= 4 is 15.2 Å². The molecule has 0 radical (unpaired) electrons. The minimum absolute atomic E-state index is 0.0394. The molecule has 0 saturated heterocycles. The first-order chi connectivity index (χ1) is 6.06. The van der Waals surface area contributed by atoms with E-state index in [9.17, 15) is 9.13 Å². The highest BCUT2D eigenvalue weighted by Gasteiger charge is 2.59. The van der Waals surface area contributed by atoms with Crippen molar-refractivity contribution in [3.63, 3.8) is 0 Å². The van der Waals surface area contributed by atoms with Crippen LogP contribution >= 0.6 is 15.2 Å². The smallest absolute Gasteiger partial charge is 0.371 e. The van der Waals surface area contributed by atoms with Crippen LogP contribution in [0.25, 0.3) is 0 Å². The molecule has 0 fully saturated rings. The van der Waals surface area contributed by atoms with E-state index in [0.29, 0.717) is 0 Å². The summed E-state index contributed by atoms with van der Waals surface area (Å²) in [5, 5.41) is 5.70. The summed E-state index contributed by atoms with van der Waals surface area (Å²) < 4.78 is 25.8. The summed E-state index contributed by atoms with van der Waals surface area (Å²) in [6, 6.07) is 0. The lowest BCUT2D eigenvalue weighted by atomic mass is 10.7. The molecule has 0 aromatic carbocycles. The van der Waals surface area contributed by atoms with Crippen molar-refractivity contribution in [3.05, 3.63) is 0 Å². The standard InChI is InChI=1S/C4H12O8P2/c1-2-12-3-4(5,13(6,7)8)14(9,10)11/h5H,2-3H2,1H3,(H2,6,7,8)(H2,9,10,11). The van der Waals surface area contributed by atoms with E-state index >= 15 is 0 Å². The van der Waals surface area contributed by atoms with Gasteiger partial charge in [-0.15, -0.1) is 0 Å². The summed E-state index contributed by atoms with van der Waals surface area (Å²) in [4.78, 5) is 34.4. The van der Waals surface area contributed by atoms with E-state index in [2.05, 4.69) is 4.74 Å². The third-order valence-corrected chi connectivity index (χ3v) is 5.12. The molecule has 8 nitrogen and oxygen atoms in total. The van der Waals surface area contributed by atoms with E-state index in [-0.39, 0.29) is 6.61 Å². The lowest BCUT2D eigenvalue weighted by Gasteiger charge is -2.28. The molecular weight excluding hydrogens is 238 g/mol. The molecule has 5 N–H and O–H groups in total. The Kier molecular flexibility index (Phi) is 4.45. The van der Waals surface area contributed by atoms with Crippen LogP contribution in [0.4, 0.5) is 0 Å². The van der Waals surface area contributed by atoms with Crippen LogP contribution in [0, 0.1) is 0 Å². The molecule has 0 bridgehead atoms. The Bertz CT molecular complexity index is 253. The van der Waals surface area contributed by atoms with E-state index in [1.54, 1.807) is 0 Å². The quantitative estimate of drug-likeness (QED) is 0.391. The molecule has 0 amide bonds. The second-order valence-corrected chi connectivity index (χ2v) is 6.51. The van der Waals surface area contributed by atoms with Gasteiger partial charge in [-0.1, -0.05) is 0 Å². The van der Waals surface area contributed by atoms with Crippen LogP contribution in [0.1, 0.15) is 6.92 Å². The van der Waals surface area contributed by atoms with Crippen molar-refractivity contribution in [2.75, 3.05) is 13.2 Å². The Morgan fingerprint density at radius 3 is 1.71 bits per heavy atom. The molecule has 0 unspecified atom stereocenters. The van der Waals surface area contributed by atoms with Gasteiger partial charge in [-0.05, 0) is 6.92 Å². The fourth-order valence-corrected chi connectivity index (χ4v) is 2.45. The number of aliphatic hydroxyl groups is 1. The van der Waals surface area contributed by atoms with Gasteiger partial charge in [-0.3, -0.25) is 9.13 Å². The molecular formula is C4H12O8P2. The monoisotopic (exact) mass is 250 g/mol. The van der Waals surface area contributed by atoms with Crippen LogP contribution in [0.3, 0.4) is 0 Å². The van der Waals surface area contributed by atoms with Gasteiger partial charge >= 0.3 is 15.2 Å². The highest BCUT2D eigenvalue weighted by atomic mass is 31.2. The first-order valence-corrected chi connectivity index (χ1v) is 6.70. The molecule has 0 rings (SSSR count). The van der Waals surface area contributed by atoms with Crippen molar-refractivity contribution in [2.45, 2.75) is 12.0 Å². The van der Waals surface area contributed by atoms with E-state index in [4.69, 9.17) is 24.7 Å². The maximum atomic E-state index is 10.7. The maximum Gasteiger partial charge on any atom is 0.371 e. The zero-order valence-corrected chi connectivity index (χ0v) is 9.06. The topological polar surface area (TPSA) is 145 Å². The van der Waals surface area contributed by atoms with Crippen LogP contribution in [0.5, 0.6) is 0 Å². The Morgan fingerprint density at radius 1 is 1.14 bits per heavy atom. The Hall–Kier alpha value is 0.220. The molecule has 0 saturated carbocycles. The molecule has 0 spiro atoms. The second-order valence-electron chi connectivity index (χ2n) is 2.50. The number of rotatable bonds is 5.